The SMILES string of the molecule is CC(O)c1cn(CC(=O)Nc2ccc(F)c(Cl)c2)nn1. The third kappa shape index (κ3) is 3.52. The lowest BCUT2D eigenvalue weighted by molar-refractivity contribution is -0.116. The summed E-state index contributed by atoms with van der Waals surface area (Å²) in [6.45, 7) is 1.48. The third-order valence-electron chi connectivity index (χ3n) is 2.49. The van der Waals surface area contributed by atoms with Crippen molar-refractivity contribution in [3.63, 3.8) is 0 Å². The van der Waals surface area contributed by atoms with Crippen molar-refractivity contribution in [2.75, 3.05) is 5.32 Å². The van der Waals surface area contributed by atoms with E-state index in [1.165, 1.54) is 29.1 Å². The van der Waals surface area contributed by atoms with Gasteiger partial charge in [0.05, 0.1) is 17.3 Å². The Morgan fingerprint density at radius 1 is 1.60 bits per heavy atom. The molecule has 0 spiro atoms. The Kier molecular flexibility index (Phi) is 4.31. The second kappa shape index (κ2) is 5.98. The zero-order valence-corrected chi connectivity index (χ0v) is 11.3. The van der Waals surface area contributed by atoms with Gasteiger partial charge in [0.1, 0.15) is 18.1 Å². The summed E-state index contributed by atoms with van der Waals surface area (Å²) in [7, 11) is 0. The minimum atomic E-state index is -0.747. The average Bonchev–Trinajstić information content (AvgIpc) is 2.82. The molecule has 0 saturated carbocycles. The first-order valence-corrected chi connectivity index (χ1v) is 6.16. The summed E-state index contributed by atoms with van der Waals surface area (Å²) in [4.78, 5) is 11.8. The first kappa shape index (κ1) is 14.4. The monoisotopic (exact) mass is 298 g/mol. The van der Waals surface area contributed by atoms with E-state index in [2.05, 4.69) is 15.6 Å². The number of aromatic nitrogens is 3. The van der Waals surface area contributed by atoms with Crippen LogP contribution in [0.4, 0.5) is 10.1 Å². The fourth-order valence-electron chi connectivity index (χ4n) is 1.50. The van der Waals surface area contributed by atoms with Crippen LogP contribution in [-0.4, -0.2) is 26.0 Å². The van der Waals surface area contributed by atoms with Gasteiger partial charge in [-0.2, -0.15) is 0 Å². The Labute approximate surface area is 119 Å². The number of halogens is 2. The smallest absolute Gasteiger partial charge is 0.246 e. The van der Waals surface area contributed by atoms with Gasteiger partial charge in [0, 0.05) is 5.69 Å². The Bertz CT molecular complexity index is 630. The summed E-state index contributed by atoms with van der Waals surface area (Å²) >= 11 is 5.61. The predicted octanol–water partition coefficient (Wildman–Crippen LogP) is 1.76. The summed E-state index contributed by atoms with van der Waals surface area (Å²) in [5, 5.41) is 19.2. The molecule has 0 bridgehead atoms. The molecule has 0 aliphatic carbocycles. The molecule has 0 aliphatic rings. The second-order valence-electron chi connectivity index (χ2n) is 4.19. The number of anilines is 1. The standard InChI is InChI=1S/C12H12ClFN4O2/c1-7(19)11-5-18(17-16-11)6-12(20)15-8-2-3-10(14)9(13)4-8/h2-5,7,19H,6H2,1H3,(H,15,20). The lowest BCUT2D eigenvalue weighted by Crippen LogP contribution is -2.19. The summed E-state index contributed by atoms with van der Waals surface area (Å²) in [5.41, 5.74) is 0.764. The van der Waals surface area contributed by atoms with E-state index in [-0.39, 0.29) is 17.5 Å². The Morgan fingerprint density at radius 2 is 2.35 bits per heavy atom. The van der Waals surface area contributed by atoms with Crippen molar-refractivity contribution in [3.8, 4) is 0 Å². The van der Waals surface area contributed by atoms with Crippen molar-refractivity contribution in [1.29, 1.82) is 0 Å². The molecule has 1 aromatic heterocycles. The molecule has 1 atom stereocenters. The molecule has 106 valence electrons. The highest BCUT2D eigenvalue weighted by molar-refractivity contribution is 6.31. The fourth-order valence-corrected chi connectivity index (χ4v) is 1.68. The number of nitrogens with one attached hydrogen (secondary N) is 1. The van der Waals surface area contributed by atoms with E-state index in [0.29, 0.717) is 11.4 Å². The average molecular weight is 299 g/mol. The Balaban J connectivity index is 1.99. The molecule has 1 unspecified atom stereocenters. The van der Waals surface area contributed by atoms with Crippen LogP contribution in [0.25, 0.3) is 0 Å². The van der Waals surface area contributed by atoms with Crippen LogP contribution in [-0.2, 0) is 11.3 Å². The van der Waals surface area contributed by atoms with Crippen molar-refractivity contribution in [3.05, 3.63) is 40.9 Å². The minimum Gasteiger partial charge on any atom is -0.387 e. The molecule has 20 heavy (non-hydrogen) atoms. The number of rotatable bonds is 4. The summed E-state index contributed by atoms with van der Waals surface area (Å²) in [6.07, 6.45) is 0.727. The van der Waals surface area contributed by atoms with E-state index >= 15 is 0 Å². The van der Waals surface area contributed by atoms with Gasteiger partial charge in [0.25, 0.3) is 0 Å². The van der Waals surface area contributed by atoms with Gasteiger partial charge in [-0.15, -0.1) is 5.10 Å². The van der Waals surface area contributed by atoms with E-state index in [1.54, 1.807) is 6.92 Å². The summed E-state index contributed by atoms with van der Waals surface area (Å²) in [6, 6.07) is 3.89. The molecule has 2 aromatic rings. The van der Waals surface area contributed by atoms with Crippen molar-refractivity contribution in [1.82, 2.24) is 15.0 Å². The van der Waals surface area contributed by atoms with Gasteiger partial charge in [-0.25, -0.2) is 9.07 Å². The molecule has 8 heteroatoms. The van der Waals surface area contributed by atoms with Crippen molar-refractivity contribution in [2.24, 2.45) is 0 Å². The van der Waals surface area contributed by atoms with Crippen LogP contribution in [0.1, 0.15) is 18.7 Å². The van der Waals surface area contributed by atoms with Crippen LogP contribution in [0.15, 0.2) is 24.4 Å². The first-order chi connectivity index (χ1) is 9.45. The second-order valence-corrected chi connectivity index (χ2v) is 4.60. The third-order valence-corrected chi connectivity index (χ3v) is 2.78. The number of amides is 1. The van der Waals surface area contributed by atoms with Crippen LogP contribution < -0.4 is 5.32 Å². The van der Waals surface area contributed by atoms with E-state index < -0.39 is 11.9 Å². The van der Waals surface area contributed by atoms with E-state index in [1.807, 2.05) is 0 Å². The molecule has 2 N–H and O–H groups in total. The lowest BCUT2D eigenvalue weighted by atomic mass is 10.3. The summed E-state index contributed by atoms with van der Waals surface area (Å²) in [5.74, 6) is -0.919. The van der Waals surface area contributed by atoms with Crippen molar-refractivity contribution < 1.29 is 14.3 Å². The molecule has 0 aliphatic heterocycles. The lowest BCUT2D eigenvalue weighted by Gasteiger charge is -2.05. The highest BCUT2D eigenvalue weighted by Crippen LogP contribution is 2.19. The largest absolute Gasteiger partial charge is 0.387 e. The first-order valence-electron chi connectivity index (χ1n) is 5.78. The van der Waals surface area contributed by atoms with Crippen LogP contribution in [0, 0.1) is 5.82 Å². The van der Waals surface area contributed by atoms with Gasteiger partial charge in [0.2, 0.25) is 5.91 Å². The number of hydrogen-bond donors (Lipinski definition) is 2. The quantitative estimate of drug-likeness (QED) is 0.901. The minimum absolute atomic E-state index is 0.0695. The van der Waals surface area contributed by atoms with Crippen molar-refractivity contribution in [2.45, 2.75) is 19.6 Å². The van der Waals surface area contributed by atoms with E-state index in [9.17, 15) is 14.3 Å². The Morgan fingerprint density at radius 3 is 2.95 bits per heavy atom. The number of aliphatic hydroxyl groups excluding tert-OH is 1. The van der Waals surface area contributed by atoms with Gasteiger partial charge in [-0.3, -0.25) is 4.79 Å². The number of carbonyl (C=O) groups is 1. The van der Waals surface area contributed by atoms with E-state index in [4.69, 9.17) is 11.6 Å². The maximum absolute atomic E-state index is 13.0. The number of benzene rings is 1. The summed E-state index contributed by atoms with van der Waals surface area (Å²) < 4.78 is 14.3. The molecule has 0 radical (unpaired) electrons. The molecular formula is C12H12ClFN4O2. The van der Waals surface area contributed by atoms with Crippen LogP contribution in [0.3, 0.4) is 0 Å². The van der Waals surface area contributed by atoms with Crippen LogP contribution in [0.2, 0.25) is 5.02 Å². The molecule has 0 fully saturated rings. The van der Waals surface area contributed by atoms with Gasteiger partial charge in [0.15, 0.2) is 0 Å². The van der Waals surface area contributed by atoms with E-state index in [0.717, 1.165) is 0 Å². The number of nitrogens with zero attached hydrogens (tertiary/aromatic N) is 3. The number of carbonyl (C=O) groups excluding carboxylic acids is 1. The zero-order valence-electron chi connectivity index (χ0n) is 10.5. The molecule has 1 heterocycles. The fraction of sp³-hybridized carbons (Fsp3) is 0.250. The predicted molar refractivity (Wildman–Crippen MR) is 70.7 cm³/mol. The van der Waals surface area contributed by atoms with Crippen LogP contribution in [0.5, 0.6) is 0 Å². The molecule has 0 saturated heterocycles. The highest BCUT2D eigenvalue weighted by Gasteiger charge is 2.10. The molecule has 1 amide bonds. The van der Waals surface area contributed by atoms with Gasteiger partial charge >= 0.3 is 0 Å². The van der Waals surface area contributed by atoms with Gasteiger partial charge in [-0.1, -0.05) is 16.8 Å². The highest BCUT2D eigenvalue weighted by atomic mass is 35.5. The molecule has 2 rings (SSSR count). The number of hydrogen-bond acceptors (Lipinski definition) is 4. The molecule has 6 nitrogen and oxygen atoms in total. The normalized spacial score (nSPS) is 12.2. The van der Waals surface area contributed by atoms with Gasteiger partial charge < -0.3 is 10.4 Å². The molecular weight excluding hydrogens is 287 g/mol. The Hall–Kier alpha value is -1.99. The maximum atomic E-state index is 13.0. The molecule has 1 aromatic carbocycles. The maximum Gasteiger partial charge on any atom is 0.246 e. The van der Waals surface area contributed by atoms with Crippen molar-refractivity contribution >= 4 is 23.2 Å². The zero-order chi connectivity index (χ0) is 14.7. The topological polar surface area (TPSA) is 80.0 Å². The van der Waals surface area contributed by atoms with Gasteiger partial charge in [-0.05, 0) is 25.1 Å². The van der Waals surface area contributed by atoms with Crippen LogP contribution >= 0.6 is 11.6 Å². The number of aliphatic hydroxyl groups is 1.